The lowest BCUT2D eigenvalue weighted by Crippen LogP contribution is -2.32. The molecule has 2 rings (SSSR count). The molecule has 2 atom stereocenters. The molecular weight excluding hydrogens is 324 g/mol. The first-order chi connectivity index (χ1) is 8.99. The van der Waals surface area contributed by atoms with Gasteiger partial charge in [-0.1, -0.05) is 47.4 Å². The number of benzene rings is 1. The molecule has 4 heteroatoms. The summed E-state index contributed by atoms with van der Waals surface area (Å²) in [7, 11) is 2.19. The molecule has 0 saturated carbocycles. The molecular formula is C15H22BrClN2. The van der Waals surface area contributed by atoms with Crippen molar-refractivity contribution < 1.29 is 0 Å². The molecule has 1 heterocycles. The van der Waals surface area contributed by atoms with Crippen LogP contribution in [0.15, 0.2) is 22.7 Å². The molecule has 0 amide bonds. The van der Waals surface area contributed by atoms with E-state index in [1.165, 1.54) is 12.0 Å². The lowest BCUT2D eigenvalue weighted by Gasteiger charge is -2.27. The average molecular weight is 346 g/mol. The van der Waals surface area contributed by atoms with Crippen molar-refractivity contribution in [2.75, 3.05) is 20.1 Å². The van der Waals surface area contributed by atoms with E-state index >= 15 is 0 Å². The molecule has 2 nitrogen and oxygen atoms in total. The normalized spacial score (nSPS) is 24.3. The van der Waals surface area contributed by atoms with Crippen LogP contribution in [-0.2, 0) is 0 Å². The fourth-order valence-electron chi connectivity index (χ4n) is 2.86. The molecule has 19 heavy (non-hydrogen) atoms. The molecule has 1 fully saturated rings. The average Bonchev–Trinajstić information content (AvgIpc) is 2.68. The lowest BCUT2D eigenvalue weighted by atomic mass is 9.93. The summed E-state index contributed by atoms with van der Waals surface area (Å²) in [5, 5.41) is 4.42. The van der Waals surface area contributed by atoms with Gasteiger partial charge < -0.3 is 5.32 Å². The fourth-order valence-corrected chi connectivity index (χ4v) is 3.65. The third kappa shape index (κ3) is 3.72. The molecule has 0 spiro atoms. The number of hydrogen-bond acceptors (Lipinski definition) is 2. The first-order valence-corrected chi connectivity index (χ1v) is 8.04. The third-order valence-electron chi connectivity index (χ3n) is 3.84. The van der Waals surface area contributed by atoms with Crippen LogP contribution in [0.5, 0.6) is 0 Å². The molecule has 1 aromatic rings. The van der Waals surface area contributed by atoms with Crippen LogP contribution in [-0.4, -0.2) is 31.1 Å². The summed E-state index contributed by atoms with van der Waals surface area (Å²) >= 11 is 9.90. The summed E-state index contributed by atoms with van der Waals surface area (Å²) < 4.78 is 1.04. The molecule has 0 aliphatic carbocycles. The molecule has 0 bridgehead atoms. The molecule has 1 N–H and O–H groups in total. The first kappa shape index (κ1) is 15.3. The third-order valence-corrected chi connectivity index (χ3v) is 4.66. The Morgan fingerprint density at radius 2 is 2.21 bits per heavy atom. The second kappa shape index (κ2) is 6.57. The van der Waals surface area contributed by atoms with Gasteiger partial charge in [0.05, 0.1) is 0 Å². The zero-order valence-electron chi connectivity index (χ0n) is 11.8. The maximum atomic E-state index is 6.43. The highest BCUT2D eigenvalue weighted by molar-refractivity contribution is 9.10. The Bertz CT molecular complexity index is 436. The predicted molar refractivity (Wildman–Crippen MR) is 85.8 cm³/mol. The van der Waals surface area contributed by atoms with Gasteiger partial charge in [0.2, 0.25) is 0 Å². The summed E-state index contributed by atoms with van der Waals surface area (Å²) in [6.07, 6.45) is 1.23. The number of rotatable bonds is 4. The Morgan fingerprint density at radius 3 is 2.84 bits per heavy atom. The maximum absolute atomic E-state index is 6.43. The monoisotopic (exact) mass is 344 g/mol. The summed E-state index contributed by atoms with van der Waals surface area (Å²) in [5.41, 5.74) is 1.25. The Morgan fingerprint density at radius 1 is 1.47 bits per heavy atom. The zero-order valence-corrected chi connectivity index (χ0v) is 14.1. The van der Waals surface area contributed by atoms with Gasteiger partial charge in [-0.25, -0.2) is 0 Å². The highest BCUT2D eigenvalue weighted by atomic mass is 79.9. The number of hydrogen-bond donors (Lipinski definition) is 1. The molecule has 1 aliphatic heterocycles. The smallest absolute Gasteiger partial charge is 0.0465 e. The summed E-state index contributed by atoms with van der Waals surface area (Å²) in [4.78, 5) is 2.42. The maximum Gasteiger partial charge on any atom is 0.0465 e. The fraction of sp³-hybridized carbons (Fsp3) is 0.600. The van der Waals surface area contributed by atoms with Crippen molar-refractivity contribution in [1.82, 2.24) is 10.2 Å². The van der Waals surface area contributed by atoms with Crippen molar-refractivity contribution in [2.45, 2.75) is 32.4 Å². The van der Waals surface area contributed by atoms with Crippen molar-refractivity contribution in [3.05, 3.63) is 33.3 Å². The van der Waals surface area contributed by atoms with Gasteiger partial charge >= 0.3 is 0 Å². The van der Waals surface area contributed by atoms with E-state index in [-0.39, 0.29) is 0 Å². The van der Waals surface area contributed by atoms with E-state index in [0.717, 1.165) is 22.6 Å². The van der Waals surface area contributed by atoms with Crippen molar-refractivity contribution in [1.29, 1.82) is 0 Å². The van der Waals surface area contributed by atoms with Crippen molar-refractivity contribution in [3.63, 3.8) is 0 Å². The Hall–Kier alpha value is -0.0900. The van der Waals surface area contributed by atoms with E-state index in [0.29, 0.717) is 18.0 Å². The quantitative estimate of drug-likeness (QED) is 0.884. The number of likely N-dealkylation sites (tertiary alicyclic amines) is 1. The van der Waals surface area contributed by atoms with Gasteiger partial charge in [0.1, 0.15) is 0 Å². The number of halogens is 2. The minimum Gasteiger partial charge on any atom is -0.314 e. The SMILES string of the molecule is CC(C)NCC1CCN(C)C1c1ccc(Br)cc1Cl. The van der Waals surface area contributed by atoms with Gasteiger partial charge in [-0.05, 0) is 43.6 Å². The van der Waals surface area contributed by atoms with Gasteiger partial charge in [0, 0.05) is 28.1 Å². The number of nitrogens with one attached hydrogen (secondary N) is 1. The summed E-state index contributed by atoms with van der Waals surface area (Å²) in [6.45, 7) is 6.58. The molecule has 1 aromatic carbocycles. The van der Waals surface area contributed by atoms with Crippen LogP contribution < -0.4 is 5.32 Å². The molecule has 106 valence electrons. The Labute approximate surface area is 129 Å². The van der Waals surface area contributed by atoms with Gasteiger partial charge in [-0.3, -0.25) is 4.90 Å². The topological polar surface area (TPSA) is 15.3 Å². The van der Waals surface area contributed by atoms with E-state index in [1.54, 1.807) is 0 Å². The van der Waals surface area contributed by atoms with Crippen LogP contribution in [0.3, 0.4) is 0 Å². The predicted octanol–water partition coefficient (Wildman–Crippen LogP) is 4.09. The second-order valence-electron chi connectivity index (χ2n) is 5.70. The largest absolute Gasteiger partial charge is 0.314 e. The van der Waals surface area contributed by atoms with E-state index in [9.17, 15) is 0 Å². The minimum atomic E-state index is 0.423. The Kier molecular flexibility index (Phi) is 5.29. The van der Waals surface area contributed by atoms with Crippen LogP contribution in [0, 0.1) is 5.92 Å². The van der Waals surface area contributed by atoms with Crippen molar-refractivity contribution >= 4 is 27.5 Å². The van der Waals surface area contributed by atoms with Crippen molar-refractivity contribution in [2.24, 2.45) is 5.92 Å². The molecule has 1 aliphatic rings. The molecule has 0 aromatic heterocycles. The lowest BCUT2D eigenvalue weighted by molar-refractivity contribution is 0.269. The van der Waals surface area contributed by atoms with Crippen LogP contribution in [0.25, 0.3) is 0 Å². The van der Waals surface area contributed by atoms with Crippen LogP contribution in [0.1, 0.15) is 31.9 Å². The van der Waals surface area contributed by atoms with Gasteiger partial charge in [-0.15, -0.1) is 0 Å². The molecule has 2 unspecified atom stereocenters. The van der Waals surface area contributed by atoms with Gasteiger partial charge in [0.15, 0.2) is 0 Å². The minimum absolute atomic E-state index is 0.423. The molecule has 0 radical (unpaired) electrons. The highest BCUT2D eigenvalue weighted by Gasteiger charge is 2.33. The summed E-state index contributed by atoms with van der Waals surface area (Å²) in [6, 6.07) is 7.19. The van der Waals surface area contributed by atoms with Crippen LogP contribution in [0.4, 0.5) is 0 Å². The van der Waals surface area contributed by atoms with E-state index in [1.807, 2.05) is 6.07 Å². The highest BCUT2D eigenvalue weighted by Crippen LogP contribution is 2.39. The van der Waals surface area contributed by atoms with E-state index < -0.39 is 0 Å². The van der Waals surface area contributed by atoms with Gasteiger partial charge in [-0.2, -0.15) is 0 Å². The van der Waals surface area contributed by atoms with Crippen molar-refractivity contribution in [3.8, 4) is 0 Å². The summed E-state index contributed by atoms with van der Waals surface area (Å²) in [5.74, 6) is 0.631. The first-order valence-electron chi connectivity index (χ1n) is 6.87. The second-order valence-corrected chi connectivity index (χ2v) is 7.03. The Balaban J connectivity index is 2.18. The zero-order chi connectivity index (χ0) is 14.0. The van der Waals surface area contributed by atoms with Gasteiger partial charge in [0.25, 0.3) is 0 Å². The number of nitrogens with zero attached hydrogens (tertiary/aromatic N) is 1. The van der Waals surface area contributed by atoms with E-state index in [2.05, 4.69) is 59.2 Å². The van der Waals surface area contributed by atoms with E-state index in [4.69, 9.17) is 11.6 Å². The van der Waals surface area contributed by atoms with Crippen LogP contribution >= 0.6 is 27.5 Å². The van der Waals surface area contributed by atoms with Crippen LogP contribution in [0.2, 0.25) is 5.02 Å². The molecule has 1 saturated heterocycles. The standard InChI is InChI=1S/C15H22BrClN2/c1-10(2)18-9-11-6-7-19(3)15(11)13-5-4-12(16)8-14(13)17/h4-5,8,10-11,15,18H,6-7,9H2,1-3H3.